The first-order valence-corrected chi connectivity index (χ1v) is 3.31. The number of methoxy groups -OCH3 is 1. The van der Waals surface area contributed by atoms with Crippen LogP contribution in [0.25, 0.3) is 0 Å². The van der Waals surface area contributed by atoms with E-state index in [2.05, 4.69) is 4.74 Å². The first-order valence-electron chi connectivity index (χ1n) is 3.31. The molecule has 0 fully saturated rings. The van der Waals surface area contributed by atoms with Crippen LogP contribution in [0.15, 0.2) is 12.1 Å². The van der Waals surface area contributed by atoms with Gasteiger partial charge in [0.1, 0.15) is 0 Å². The number of hydrogen-bond donors (Lipinski definition) is 1. The van der Waals surface area contributed by atoms with Crippen LogP contribution in [-0.4, -0.2) is 12.2 Å². The maximum Gasteiger partial charge on any atom is 0.190 e. The molecule has 0 saturated carbocycles. The fourth-order valence-electron chi connectivity index (χ4n) is 0.899. The third-order valence-electron chi connectivity index (χ3n) is 1.44. The van der Waals surface area contributed by atoms with Crippen molar-refractivity contribution >= 4 is 0 Å². The molecule has 0 aromatic heterocycles. The molecule has 1 rings (SSSR count). The van der Waals surface area contributed by atoms with Crippen molar-refractivity contribution in [3.05, 3.63) is 29.3 Å². The summed E-state index contributed by atoms with van der Waals surface area (Å²) in [4.78, 5) is 0. The van der Waals surface area contributed by atoms with Crippen LogP contribution >= 0.6 is 0 Å². The highest BCUT2D eigenvalue weighted by Crippen LogP contribution is 2.22. The highest BCUT2D eigenvalue weighted by atomic mass is 19.1. The van der Waals surface area contributed by atoms with E-state index < -0.39 is 24.0 Å². The number of rotatable bonds is 2. The lowest BCUT2D eigenvalue weighted by Gasteiger charge is -2.04. The van der Waals surface area contributed by atoms with Gasteiger partial charge in [0.2, 0.25) is 0 Å². The molecule has 0 aliphatic carbocycles. The second-order valence-electron chi connectivity index (χ2n) is 2.25. The molecule has 0 bridgehead atoms. The molecule has 0 atom stereocenters. The van der Waals surface area contributed by atoms with Gasteiger partial charge in [0.05, 0.1) is 13.7 Å². The second kappa shape index (κ2) is 3.49. The molecule has 0 aliphatic rings. The van der Waals surface area contributed by atoms with E-state index >= 15 is 0 Å². The summed E-state index contributed by atoms with van der Waals surface area (Å²) in [6, 6.07) is 2.06. The largest absolute Gasteiger partial charge is 0.491 e. The second-order valence-corrected chi connectivity index (χ2v) is 2.25. The van der Waals surface area contributed by atoms with E-state index in [0.717, 1.165) is 12.1 Å². The molecule has 0 aliphatic heterocycles. The summed E-state index contributed by atoms with van der Waals surface area (Å²) in [7, 11) is 1.18. The smallest absolute Gasteiger partial charge is 0.190 e. The van der Waals surface area contributed by atoms with Crippen molar-refractivity contribution in [1.82, 2.24) is 0 Å². The number of aliphatic hydroxyl groups excluding tert-OH is 1. The Hall–Kier alpha value is -1.16. The van der Waals surface area contributed by atoms with Gasteiger partial charge >= 0.3 is 0 Å². The topological polar surface area (TPSA) is 29.5 Å². The monoisotopic (exact) mass is 174 g/mol. The van der Waals surface area contributed by atoms with E-state index in [-0.39, 0.29) is 5.56 Å². The summed E-state index contributed by atoms with van der Waals surface area (Å²) >= 11 is 0. The van der Waals surface area contributed by atoms with Gasteiger partial charge in [-0.3, -0.25) is 0 Å². The summed E-state index contributed by atoms with van der Waals surface area (Å²) in [6.45, 7) is -0.391. The molecular formula is C8H8F2O2. The number of aliphatic hydroxyl groups is 1. The average molecular weight is 174 g/mol. The van der Waals surface area contributed by atoms with Crippen molar-refractivity contribution in [3.8, 4) is 5.75 Å². The maximum atomic E-state index is 12.8. The van der Waals surface area contributed by atoms with Gasteiger partial charge in [-0.25, -0.2) is 8.78 Å². The summed E-state index contributed by atoms with van der Waals surface area (Å²) < 4.78 is 30.1. The molecule has 0 radical (unpaired) electrons. The fraction of sp³-hybridized carbons (Fsp3) is 0.250. The van der Waals surface area contributed by atoms with Gasteiger partial charge in [-0.05, 0) is 17.7 Å². The first-order chi connectivity index (χ1) is 5.69. The Bertz CT molecular complexity index is 263. The van der Waals surface area contributed by atoms with Crippen molar-refractivity contribution in [2.24, 2.45) is 0 Å². The fourth-order valence-corrected chi connectivity index (χ4v) is 0.899. The van der Waals surface area contributed by atoms with Crippen molar-refractivity contribution in [1.29, 1.82) is 0 Å². The molecule has 0 unspecified atom stereocenters. The lowest BCUT2D eigenvalue weighted by atomic mass is 10.2. The number of halogens is 2. The Balaban J connectivity index is 3.18. The summed E-state index contributed by atoms with van der Waals surface area (Å²) in [5.41, 5.74) is 0.186. The van der Waals surface area contributed by atoms with Gasteiger partial charge in [-0.1, -0.05) is 0 Å². The quantitative estimate of drug-likeness (QED) is 0.735. The molecule has 1 N–H and O–H groups in total. The zero-order valence-corrected chi connectivity index (χ0v) is 6.47. The van der Waals surface area contributed by atoms with Gasteiger partial charge in [-0.15, -0.1) is 0 Å². The zero-order chi connectivity index (χ0) is 9.14. The minimum atomic E-state index is -0.804. The van der Waals surface area contributed by atoms with Crippen LogP contribution in [-0.2, 0) is 6.61 Å². The van der Waals surface area contributed by atoms with E-state index in [1.165, 1.54) is 7.11 Å². The van der Waals surface area contributed by atoms with E-state index in [1.54, 1.807) is 0 Å². The van der Waals surface area contributed by atoms with Crippen molar-refractivity contribution in [2.75, 3.05) is 7.11 Å². The number of ether oxygens (including phenoxy) is 1. The molecular weight excluding hydrogens is 166 g/mol. The van der Waals surface area contributed by atoms with Crippen molar-refractivity contribution in [2.45, 2.75) is 6.61 Å². The van der Waals surface area contributed by atoms with Crippen LogP contribution in [0, 0.1) is 11.6 Å². The van der Waals surface area contributed by atoms with E-state index in [4.69, 9.17) is 5.11 Å². The van der Waals surface area contributed by atoms with E-state index in [9.17, 15) is 8.78 Å². The lowest BCUT2D eigenvalue weighted by molar-refractivity contribution is 0.279. The molecule has 66 valence electrons. The summed E-state index contributed by atoms with van der Waals surface area (Å²) in [5, 5.41) is 8.58. The highest BCUT2D eigenvalue weighted by Gasteiger charge is 2.10. The van der Waals surface area contributed by atoms with Crippen LogP contribution in [0.4, 0.5) is 8.78 Å². The Morgan fingerprint density at radius 2 is 1.83 bits per heavy atom. The molecule has 0 amide bonds. The molecule has 1 aromatic rings. The Labute approximate surface area is 68.4 Å². The van der Waals surface area contributed by atoms with Crippen LogP contribution in [0.5, 0.6) is 5.75 Å². The molecule has 0 heterocycles. The average Bonchev–Trinajstić information content (AvgIpc) is 2.03. The zero-order valence-electron chi connectivity index (χ0n) is 6.47. The third kappa shape index (κ3) is 1.53. The van der Waals surface area contributed by atoms with Crippen molar-refractivity contribution in [3.63, 3.8) is 0 Å². The maximum absolute atomic E-state index is 12.8. The van der Waals surface area contributed by atoms with Crippen LogP contribution < -0.4 is 4.74 Å². The molecule has 2 nitrogen and oxygen atoms in total. The minimum absolute atomic E-state index is 0.186. The highest BCUT2D eigenvalue weighted by molar-refractivity contribution is 5.30. The predicted molar refractivity (Wildman–Crippen MR) is 38.8 cm³/mol. The van der Waals surface area contributed by atoms with Gasteiger partial charge in [-0.2, -0.15) is 0 Å². The third-order valence-corrected chi connectivity index (χ3v) is 1.44. The van der Waals surface area contributed by atoms with Crippen LogP contribution in [0.3, 0.4) is 0 Å². The van der Waals surface area contributed by atoms with Crippen molar-refractivity contribution < 1.29 is 18.6 Å². The van der Waals surface area contributed by atoms with E-state index in [1.807, 2.05) is 0 Å². The Kier molecular flexibility index (Phi) is 2.60. The number of benzene rings is 1. The molecule has 4 heteroatoms. The first kappa shape index (κ1) is 8.93. The Morgan fingerprint density at radius 1 is 1.33 bits per heavy atom. The number of hydrogen-bond acceptors (Lipinski definition) is 2. The molecule has 12 heavy (non-hydrogen) atoms. The van der Waals surface area contributed by atoms with Gasteiger partial charge in [0.25, 0.3) is 0 Å². The van der Waals surface area contributed by atoms with Crippen LogP contribution in [0.1, 0.15) is 5.56 Å². The standard InChI is InChI=1S/C8H8F2O2/c1-12-8-6(9)2-5(4-11)3-7(8)10/h2-3,11H,4H2,1H3. The van der Waals surface area contributed by atoms with Gasteiger partial charge < -0.3 is 9.84 Å². The summed E-state index contributed by atoms with van der Waals surface area (Å²) in [6.07, 6.45) is 0. The molecule has 0 spiro atoms. The predicted octanol–water partition coefficient (Wildman–Crippen LogP) is 1.47. The van der Waals surface area contributed by atoms with E-state index in [0.29, 0.717) is 0 Å². The molecule has 0 saturated heterocycles. The lowest BCUT2D eigenvalue weighted by Crippen LogP contribution is -1.95. The van der Waals surface area contributed by atoms with Gasteiger partial charge in [0, 0.05) is 0 Å². The minimum Gasteiger partial charge on any atom is -0.491 e. The van der Waals surface area contributed by atoms with Gasteiger partial charge in [0.15, 0.2) is 17.4 Å². The summed E-state index contributed by atoms with van der Waals surface area (Å²) in [5.74, 6) is -2.03. The SMILES string of the molecule is COc1c(F)cc(CO)cc1F. The Morgan fingerprint density at radius 3 is 2.17 bits per heavy atom. The van der Waals surface area contributed by atoms with Crippen LogP contribution in [0.2, 0.25) is 0 Å². The normalized spacial score (nSPS) is 10.0. The molecule has 1 aromatic carbocycles.